The summed E-state index contributed by atoms with van der Waals surface area (Å²) >= 11 is 3.12. The summed E-state index contributed by atoms with van der Waals surface area (Å²) in [4.78, 5) is 0. The van der Waals surface area contributed by atoms with E-state index in [4.69, 9.17) is 4.74 Å². The van der Waals surface area contributed by atoms with Crippen LogP contribution in [-0.2, 0) is 27.1 Å². The van der Waals surface area contributed by atoms with Crippen LogP contribution in [0.4, 0.5) is 0 Å². The molecule has 2 radical (unpaired) electrons. The monoisotopic (exact) mass is 432 g/mol. The van der Waals surface area contributed by atoms with Gasteiger partial charge < -0.3 is 0 Å². The van der Waals surface area contributed by atoms with E-state index in [1.165, 1.54) is 0 Å². The smallest absolute Gasteiger partial charge is 0 e. The van der Waals surface area contributed by atoms with Crippen LogP contribution < -0.4 is 0 Å². The summed E-state index contributed by atoms with van der Waals surface area (Å²) in [5, 5.41) is 0.321. The van der Waals surface area contributed by atoms with Gasteiger partial charge in [0.25, 0.3) is 0 Å². The summed E-state index contributed by atoms with van der Waals surface area (Å²) in [5.74, 6) is 2.13. The second kappa shape index (κ2) is 5.95. The van der Waals surface area contributed by atoms with E-state index in [9.17, 15) is 0 Å². The predicted octanol–water partition coefficient (Wildman–Crippen LogP) is 2.20. The molecule has 1 saturated heterocycles. The first-order valence-corrected chi connectivity index (χ1v) is 5.88. The van der Waals surface area contributed by atoms with E-state index in [0.717, 1.165) is 12.3 Å². The zero-order chi connectivity index (χ0) is 9.30. The molecule has 1 aliphatic heterocycles. The molecule has 13 heavy (non-hydrogen) atoms. The van der Waals surface area contributed by atoms with Gasteiger partial charge >= 0.3 is 83.7 Å². The normalized spacial score (nSPS) is 45.5. The van der Waals surface area contributed by atoms with Crippen molar-refractivity contribution in [2.75, 3.05) is 0 Å². The Hall–Kier alpha value is 1.22. The Kier molecular flexibility index (Phi) is 6.50. The molecule has 0 aromatic heterocycles. The molecule has 1 aliphatic rings. The Labute approximate surface area is 106 Å². The van der Waals surface area contributed by atoms with Crippen LogP contribution in [-0.4, -0.2) is 27.1 Å². The largest absolute Gasteiger partial charge is 0 e. The molecule has 5 atom stereocenters. The van der Waals surface area contributed by atoms with Crippen LogP contribution in [0, 0.1) is 17.8 Å². The number of rotatable bonds is 1. The Morgan fingerprint density at radius 1 is 1.08 bits per heavy atom. The van der Waals surface area contributed by atoms with Crippen LogP contribution in [0.2, 0.25) is 0 Å². The quantitative estimate of drug-likeness (QED) is 0.579. The Morgan fingerprint density at radius 3 is 2.08 bits per heavy atom. The first-order valence-electron chi connectivity index (χ1n) is 4.89. The van der Waals surface area contributed by atoms with Crippen molar-refractivity contribution in [1.29, 1.82) is 0 Å². The van der Waals surface area contributed by atoms with Gasteiger partial charge in [-0.05, 0) is 0 Å². The van der Waals surface area contributed by atoms with E-state index in [1.54, 1.807) is 0 Å². The molecule has 0 N–H and O–H groups in total. The summed E-state index contributed by atoms with van der Waals surface area (Å²) in [5.41, 5.74) is 0. The molecule has 0 aromatic carbocycles. The van der Waals surface area contributed by atoms with Crippen molar-refractivity contribution < 1.29 is 27.1 Å². The van der Waals surface area contributed by atoms with Gasteiger partial charge in [-0.3, -0.25) is 0 Å². The predicted molar refractivity (Wildman–Crippen MR) is 52.2 cm³/mol. The molecule has 1 heterocycles. The van der Waals surface area contributed by atoms with Crippen LogP contribution in [0.15, 0.2) is 0 Å². The number of ether oxygens (including phenoxy) is 1. The molecule has 0 saturated carbocycles. The topological polar surface area (TPSA) is 9.23 Å². The van der Waals surface area contributed by atoms with Crippen molar-refractivity contribution in [1.82, 2.24) is 0 Å². The van der Waals surface area contributed by atoms with Gasteiger partial charge in [-0.1, -0.05) is 0 Å². The second-order valence-corrected chi connectivity index (χ2v) is 5.00. The molecule has 5 unspecified atom stereocenters. The van der Waals surface area contributed by atoms with Crippen molar-refractivity contribution in [2.24, 2.45) is 17.8 Å². The fourth-order valence-corrected chi connectivity index (χ4v) is 2.77. The van der Waals surface area contributed by atoms with Crippen LogP contribution >= 0.6 is 0 Å². The van der Waals surface area contributed by atoms with Crippen molar-refractivity contribution in [3.8, 4) is 0 Å². The van der Waals surface area contributed by atoms with E-state index >= 15 is 0 Å². The fourth-order valence-electron chi connectivity index (χ4n) is 1.95. The first kappa shape index (κ1) is 14.2. The summed E-state index contributed by atoms with van der Waals surface area (Å²) < 4.78 is 5.87. The molecular weight excluding hydrogens is 412 g/mol. The van der Waals surface area contributed by atoms with E-state index in [-0.39, 0.29) is 22.4 Å². The average Bonchev–Trinajstić information content (AvgIpc) is 2.08. The van der Waals surface area contributed by atoms with E-state index < -0.39 is 0 Å². The van der Waals surface area contributed by atoms with Crippen molar-refractivity contribution in [3.05, 3.63) is 0 Å². The van der Waals surface area contributed by atoms with Crippen LogP contribution in [0.5, 0.6) is 0 Å². The minimum Gasteiger partial charge on any atom is 0 e. The van der Waals surface area contributed by atoms with E-state index in [0.29, 0.717) is 22.9 Å². The maximum atomic E-state index is 5.87. The first-order chi connectivity index (χ1) is 5.57. The maximum absolute atomic E-state index is 5.87. The molecule has 1 rings (SSSR count). The van der Waals surface area contributed by atoms with Gasteiger partial charge in [0, 0.05) is 22.4 Å². The molecule has 0 aliphatic carbocycles. The minimum atomic E-state index is 0. The summed E-state index contributed by atoms with van der Waals surface area (Å²) in [6.45, 7) is 9.12. The third kappa shape index (κ3) is 3.09. The molecule has 3 heteroatoms. The third-order valence-electron chi connectivity index (χ3n) is 3.39. The Bertz CT molecular complexity index is 149. The molecular formula is C10H19AuOSe. The van der Waals surface area contributed by atoms with Gasteiger partial charge in [-0.15, -0.1) is 0 Å². The molecule has 0 bridgehead atoms. The van der Waals surface area contributed by atoms with Crippen molar-refractivity contribution in [2.45, 2.75) is 45.2 Å². The SMILES string of the molecule is CCC1OC([Se])C(C)C(C)C1C.[Au]. The Morgan fingerprint density at radius 2 is 1.62 bits per heavy atom. The minimum absolute atomic E-state index is 0. The van der Waals surface area contributed by atoms with E-state index in [1.807, 2.05) is 0 Å². The van der Waals surface area contributed by atoms with Gasteiger partial charge in [0.2, 0.25) is 0 Å². The number of hydrogen-bond donors (Lipinski definition) is 0. The van der Waals surface area contributed by atoms with Gasteiger partial charge in [-0.25, -0.2) is 0 Å². The van der Waals surface area contributed by atoms with Gasteiger partial charge in [0.05, 0.1) is 0 Å². The van der Waals surface area contributed by atoms with E-state index in [2.05, 4.69) is 43.7 Å². The van der Waals surface area contributed by atoms with Crippen LogP contribution in [0.1, 0.15) is 34.1 Å². The summed E-state index contributed by atoms with van der Waals surface area (Å²) in [6, 6.07) is 0. The zero-order valence-corrected chi connectivity index (χ0v) is 12.6. The summed E-state index contributed by atoms with van der Waals surface area (Å²) in [7, 11) is 0. The van der Waals surface area contributed by atoms with Crippen molar-refractivity contribution >= 4 is 16.0 Å². The maximum Gasteiger partial charge on any atom is 0 e. The zero-order valence-electron chi connectivity index (χ0n) is 8.71. The third-order valence-corrected chi connectivity index (χ3v) is 4.52. The molecule has 0 amide bonds. The van der Waals surface area contributed by atoms with Gasteiger partial charge in [-0.2, -0.15) is 0 Å². The average molecular weight is 431 g/mol. The number of hydrogen-bond acceptors (Lipinski definition) is 1. The van der Waals surface area contributed by atoms with Crippen LogP contribution in [0.25, 0.3) is 0 Å². The summed E-state index contributed by atoms with van der Waals surface area (Å²) in [6.07, 6.45) is 1.60. The Balaban J connectivity index is 0.00000144. The molecule has 0 aromatic rings. The molecule has 1 nitrogen and oxygen atoms in total. The van der Waals surface area contributed by atoms with Crippen molar-refractivity contribution in [3.63, 3.8) is 0 Å². The standard InChI is InChI=1S/C10H19OSe.Au/c1-5-9-7(3)6(2)8(4)10(12)11-9;/h6-10H,5H2,1-4H3;. The van der Waals surface area contributed by atoms with Gasteiger partial charge in [0.1, 0.15) is 0 Å². The molecule has 82 valence electrons. The molecule has 0 spiro atoms. The second-order valence-electron chi connectivity index (χ2n) is 4.03. The fraction of sp³-hybridized carbons (Fsp3) is 1.00. The van der Waals surface area contributed by atoms with Gasteiger partial charge in [0.15, 0.2) is 0 Å². The molecule has 1 fully saturated rings. The van der Waals surface area contributed by atoms with Crippen LogP contribution in [0.3, 0.4) is 0 Å².